The molecule has 16 nitrogen and oxygen atoms in total. The Labute approximate surface area is 342 Å². The van der Waals surface area contributed by atoms with Gasteiger partial charge in [-0.05, 0) is 78.5 Å². The van der Waals surface area contributed by atoms with E-state index in [0.29, 0.717) is 76.6 Å². The molecule has 0 saturated heterocycles. The third kappa shape index (κ3) is 11.1. The molecule has 1 heterocycles. The van der Waals surface area contributed by atoms with E-state index in [9.17, 15) is 43.8 Å². The van der Waals surface area contributed by atoms with Crippen LogP contribution in [-0.4, -0.2) is 102 Å². The van der Waals surface area contributed by atoms with Gasteiger partial charge in [0.25, 0.3) is 11.8 Å². The molecule has 3 atom stereocenters. The summed E-state index contributed by atoms with van der Waals surface area (Å²) in [6, 6.07) is 8.40. The number of aliphatic carboxylic acids is 2. The summed E-state index contributed by atoms with van der Waals surface area (Å²) in [4.78, 5) is 86.6. The number of benzene rings is 2. The van der Waals surface area contributed by atoms with Crippen molar-refractivity contribution in [2.45, 2.75) is 63.3 Å². The predicted octanol–water partition coefficient (Wildman–Crippen LogP) is 2.54. The normalized spacial score (nSPS) is 17.8. The molecular weight excluding hydrogens is 759 g/mol. The van der Waals surface area contributed by atoms with Crippen molar-refractivity contribution < 1.29 is 43.8 Å². The van der Waals surface area contributed by atoms with Crippen LogP contribution in [0.2, 0.25) is 0 Å². The number of hydrogen-bond acceptors (Lipinski definition) is 9. The molecule has 1 fully saturated rings. The van der Waals surface area contributed by atoms with Crippen LogP contribution in [0, 0.1) is 11.3 Å². The quantitative estimate of drug-likeness (QED) is 0.0350. The number of carbonyl (C=O) groups is 7. The fraction of sp³-hybridized carbons (Fsp3) is 0.419. The average molecular weight is 812 g/mol. The van der Waals surface area contributed by atoms with Crippen LogP contribution in [-0.2, 0) is 28.8 Å². The van der Waals surface area contributed by atoms with Crippen molar-refractivity contribution in [3.8, 4) is 0 Å². The van der Waals surface area contributed by atoms with Gasteiger partial charge >= 0.3 is 18.0 Å². The molecule has 16 heteroatoms. The number of rotatable bonds is 23. The van der Waals surface area contributed by atoms with Gasteiger partial charge in [0.1, 0.15) is 5.41 Å². The first-order valence-electron chi connectivity index (χ1n) is 20.0. The van der Waals surface area contributed by atoms with Crippen molar-refractivity contribution in [3.05, 3.63) is 83.0 Å². The summed E-state index contributed by atoms with van der Waals surface area (Å²) < 4.78 is 0. The second-order valence-electron chi connectivity index (χ2n) is 15.1. The van der Waals surface area contributed by atoms with Crippen LogP contribution in [0.5, 0.6) is 0 Å². The first kappa shape index (κ1) is 44.0. The van der Waals surface area contributed by atoms with Crippen molar-refractivity contribution >= 4 is 64.5 Å². The molecule has 0 spiro atoms. The molecule has 2 aromatic carbocycles. The van der Waals surface area contributed by atoms with E-state index < -0.39 is 35.3 Å². The average Bonchev–Trinajstić information content (AvgIpc) is 3.50. The minimum absolute atomic E-state index is 0.184. The van der Waals surface area contributed by atoms with Gasteiger partial charge in [-0.3, -0.25) is 24.1 Å². The third-order valence-electron chi connectivity index (χ3n) is 11.2. The minimum Gasteiger partial charge on any atom is -0.478 e. The zero-order valence-electron chi connectivity index (χ0n) is 32.9. The van der Waals surface area contributed by atoms with Crippen LogP contribution in [0.15, 0.2) is 66.3 Å². The second-order valence-corrected chi connectivity index (χ2v) is 15.1. The number of nitrogens with one attached hydrogen (secondary N) is 4. The van der Waals surface area contributed by atoms with Gasteiger partial charge in [0, 0.05) is 81.5 Å². The van der Waals surface area contributed by atoms with Crippen LogP contribution < -0.4 is 32.7 Å². The highest BCUT2D eigenvalue weighted by Crippen LogP contribution is 2.44. The molecule has 2 aromatic rings. The first-order valence-corrected chi connectivity index (χ1v) is 20.0. The zero-order valence-corrected chi connectivity index (χ0v) is 32.9. The van der Waals surface area contributed by atoms with Crippen LogP contribution in [0.1, 0.15) is 74.0 Å². The largest absolute Gasteiger partial charge is 0.478 e. The number of hydrogen-bond donors (Lipinski definition) is 8. The lowest BCUT2D eigenvalue weighted by molar-refractivity contribution is -0.150. The van der Waals surface area contributed by atoms with Gasteiger partial charge in [-0.15, -0.1) is 0 Å². The van der Waals surface area contributed by atoms with E-state index in [4.69, 9.17) is 11.5 Å². The summed E-state index contributed by atoms with van der Waals surface area (Å²) in [7, 11) is 0. The molecule has 0 aromatic heterocycles. The maximum absolute atomic E-state index is 13.9. The molecule has 6 amide bonds. The predicted molar refractivity (Wildman–Crippen MR) is 221 cm³/mol. The Bertz CT molecular complexity index is 2050. The van der Waals surface area contributed by atoms with Gasteiger partial charge < -0.3 is 42.9 Å². The number of nitrogens with two attached hydrogens (primary N) is 2. The molecule has 3 aliphatic rings. The Morgan fingerprint density at radius 1 is 0.881 bits per heavy atom. The highest BCUT2D eigenvalue weighted by atomic mass is 16.4. The molecule has 1 aliphatic heterocycles. The number of amides is 6. The molecule has 0 bridgehead atoms. The van der Waals surface area contributed by atoms with Gasteiger partial charge in [0.2, 0.25) is 11.8 Å². The number of carboxylic acids is 2. The molecule has 5 rings (SSSR count). The molecule has 59 heavy (non-hydrogen) atoms. The Hall–Kier alpha value is -6.13. The van der Waals surface area contributed by atoms with Crippen molar-refractivity contribution in [1.29, 1.82) is 0 Å². The van der Waals surface area contributed by atoms with E-state index >= 15 is 0 Å². The van der Waals surface area contributed by atoms with E-state index in [2.05, 4.69) is 21.3 Å². The van der Waals surface area contributed by atoms with Gasteiger partial charge in [0.05, 0.1) is 0 Å². The summed E-state index contributed by atoms with van der Waals surface area (Å²) in [5, 5.41) is 32.8. The van der Waals surface area contributed by atoms with Crippen LogP contribution in [0.4, 0.5) is 4.79 Å². The molecule has 0 radical (unpaired) electrons. The Kier molecular flexibility index (Phi) is 15.3. The van der Waals surface area contributed by atoms with Gasteiger partial charge in [-0.1, -0.05) is 54.5 Å². The molecule has 314 valence electrons. The van der Waals surface area contributed by atoms with E-state index in [1.165, 1.54) is 23.1 Å². The van der Waals surface area contributed by atoms with E-state index in [1.807, 2.05) is 36.4 Å². The summed E-state index contributed by atoms with van der Waals surface area (Å²) in [6.45, 7) is 1.74. The fourth-order valence-electron chi connectivity index (χ4n) is 7.93. The maximum atomic E-state index is 13.9. The topological polar surface area (TPSA) is 263 Å². The van der Waals surface area contributed by atoms with Crippen LogP contribution >= 0.6 is 0 Å². The van der Waals surface area contributed by atoms with E-state index in [1.54, 1.807) is 6.08 Å². The fourth-order valence-corrected chi connectivity index (χ4v) is 7.93. The Balaban J connectivity index is 1.27. The van der Waals surface area contributed by atoms with Gasteiger partial charge in [-0.25, -0.2) is 14.4 Å². The minimum atomic E-state index is -1.22. The molecule has 10 N–H and O–H groups in total. The molecule has 2 unspecified atom stereocenters. The van der Waals surface area contributed by atoms with Crippen molar-refractivity contribution in [1.82, 2.24) is 26.2 Å². The Morgan fingerprint density at radius 2 is 1.61 bits per heavy atom. The summed E-state index contributed by atoms with van der Waals surface area (Å²) in [6.07, 6.45) is 14.1. The molecule has 1 saturated carbocycles. The van der Waals surface area contributed by atoms with Crippen molar-refractivity contribution in [2.24, 2.45) is 22.8 Å². The summed E-state index contributed by atoms with van der Waals surface area (Å²) in [5.41, 5.74) is 13.6. The highest BCUT2D eigenvalue weighted by Gasteiger charge is 2.51. The molecule has 2 aliphatic carbocycles. The smallest absolute Gasteiger partial charge is 0.328 e. The van der Waals surface area contributed by atoms with E-state index in [0.717, 1.165) is 39.6 Å². The first-order chi connectivity index (χ1) is 28.3. The number of urea groups is 1. The van der Waals surface area contributed by atoms with Gasteiger partial charge in [-0.2, -0.15) is 0 Å². The number of carbonyl (C=O) groups excluding carboxylic acids is 5. The highest BCUT2D eigenvalue weighted by molar-refractivity contribution is 6.13. The lowest BCUT2D eigenvalue weighted by atomic mass is 9.67. The maximum Gasteiger partial charge on any atom is 0.328 e. The SMILES string of the molecule is NCC(CNC[C@H](CCCNC(N)=O)NC(=O)C1(C(=O)NCCCCCN2C(=O)C=CC2=O)CCC1)C1=Cc2c(C=CC(=O)O)ccc3cccc(c23)C1C=CC(=O)O. The number of imide groups is 1. The standard InChI is InChI=1S/C43H53N7O9/c44-24-29(33-23-34-27(12-16-37(53)54)10-11-28-7-4-9-32(39(28)34)31(33)13-17-38(55)56)25-46-26-30(8-5-21-48-42(45)59)49-41(58)43(18-6-19-43)40(57)47-20-2-1-3-22-50-35(51)14-15-36(50)52/h4,7,9-17,23,29-31,46H,1-3,5-6,8,18-22,24-26,44H2,(H,47,57)(H,49,58)(H,53,54)(H,55,56)(H3,45,48,59)/t29?,30-,31?/m0/s1. The van der Waals surface area contributed by atoms with Crippen LogP contribution in [0.25, 0.3) is 22.9 Å². The lowest BCUT2D eigenvalue weighted by Crippen LogP contribution is -2.58. The number of nitrogens with zero attached hydrogens (tertiary/aromatic N) is 1. The number of primary amides is 1. The molecular formula is C43H53N7O9. The Morgan fingerprint density at radius 3 is 2.27 bits per heavy atom. The number of carboxylic acid groups (broad SMARTS) is 2. The number of unbranched alkanes of at least 4 members (excludes halogenated alkanes) is 2. The van der Waals surface area contributed by atoms with Crippen molar-refractivity contribution in [3.63, 3.8) is 0 Å². The third-order valence-corrected chi connectivity index (χ3v) is 11.2. The van der Waals surface area contributed by atoms with Crippen LogP contribution in [0.3, 0.4) is 0 Å². The zero-order chi connectivity index (χ0) is 42.5. The summed E-state index contributed by atoms with van der Waals surface area (Å²) in [5.74, 6) is -4.35. The number of allylic oxidation sites excluding steroid dienone is 1. The summed E-state index contributed by atoms with van der Waals surface area (Å²) >= 11 is 0. The van der Waals surface area contributed by atoms with E-state index in [-0.39, 0.29) is 49.2 Å². The van der Waals surface area contributed by atoms with Gasteiger partial charge in [0.15, 0.2) is 0 Å². The monoisotopic (exact) mass is 811 g/mol. The lowest BCUT2D eigenvalue weighted by Gasteiger charge is -2.39. The van der Waals surface area contributed by atoms with Crippen molar-refractivity contribution in [2.75, 3.05) is 39.3 Å². The second kappa shape index (κ2) is 20.5.